The van der Waals surface area contributed by atoms with Crippen LogP contribution in [0.5, 0.6) is 0 Å². The number of carbonyl (C=O) groups excluding carboxylic acids is 2. The number of benzene rings is 2. The van der Waals surface area contributed by atoms with E-state index >= 15 is 0 Å². The Labute approximate surface area is 183 Å². The van der Waals surface area contributed by atoms with Gasteiger partial charge in [-0.1, -0.05) is 55.8 Å². The van der Waals surface area contributed by atoms with E-state index in [1.807, 2.05) is 66.2 Å². The normalized spacial score (nSPS) is 11.2. The average molecular weight is 419 g/mol. The molecular formula is C25H30N4O2. The van der Waals surface area contributed by atoms with Crippen molar-refractivity contribution >= 4 is 28.9 Å². The van der Waals surface area contributed by atoms with Gasteiger partial charge in [0.05, 0.1) is 11.0 Å². The number of hydrogen-bond donors (Lipinski definition) is 1. The zero-order chi connectivity index (χ0) is 22.1. The molecular weight excluding hydrogens is 388 g/mol. The molecule has 0 aliphatic rings. The number of rotatable bonds is 10. The van der Waals surface area contributed by atoms with E-state index in [2.05, 4.69) is 12.2 Å². The van der Waals surface area contributed by atoms with E-state index in [9.17, 15) is 9.59 Å². The van der Waals surface area contributed by atoms with Gasteiger partial charge >= 0.3 is 0 Å². The van der Waals surface area contributed by atoms with E-state index in [1.54, 1.807) is 11.0 Å². The second kappa shape index (κ2) is 11.1. The van der Waals surface area contributed by atoms with Crippen LogP contribution in [0.3, 0.4) is 0 Å². The maximum atomic E-state index is 12.7. The summed E-state index contributed by atoms with van der Waals surface area (Å²) in [4.78, 5) is 31.3. The summed E-state index contributed by atoms with van der Waals surface area (Å²) in [6.45, 7) is 3.56. The zero-order valence-corrected chi connectivity index (χ0v) is 18.3. The van der Waals surface area contributed by atoms with E-state index in [1.165, 1.54) is 6.08 Å². The Morgan fingerprint density at radius 1 is 1.10 bits per heavy atom. The Morgan fingerprint density at radius 2 is 1.84 bits per heavy atom. The van der Waals surface area contributed by atoms with Crippen molar-refractivity contribution < 1.29 is 9.59 Å². The first kappa shape index (κ1) is 22.3. The molecule has 0 atom stereocenters. The van der Waals surface area contributed by atoms with Gasteiger partial charge in [0.2, 0.25) is 11.8 Å². The van der Waals surface area contributed by atoms with Crippen LogP contribution in [0.1, 0.15) is 31.2 Å². The number of likely N-dealkylation sites (N-methyl/N-ethyl adjacent to an activating group) is 1. The lowest BCUT2D eigenvalue weighted by Gasteiger charge is -2.18. The lowest BCUT2D eigenvalue weighted by atomic mass is 10.2. The lowest BCUT2D eigenvalue weighted by molar-refractivity contribution is -0.130. The molecule has 3 aromatic rings. The molecule has 2 aromatic carbocycles. The molecule has 0 spiro atoms. The molecule has 2 amide bonds. The third-order valence-electron chi connectivity index (χ3n) is 5.17. The zero-order valence-electron chi connectivity index (χ0n) is 18.3. The van der Waals surface area contributed by atoms with Crippen LogP contribution in [0.25, 0.3) is 17.1 Å². The molecule has 0 aliphatic carbocycles. The van der Waals surface area contributed by atoms with Gasteiger partial charge in [0.25, 0.3) is 0 Å². The molecule has 1 heterocycles. The number of nitrogens with zero attached hydrogens (tertiary/aromatic N) is 3. The van der Waals surface area contributed by atoms with E-state index in [-0.39, 0.29) is 18.4 Å². The molecule has 0 bridgehead atoms. The van der Waals surface area contributed by atoms with Crippen molar-refractivity contribution in [3.05, 3.63) is 72.1 Å². The van der Waals surface area contributed by atoms with Crippen LogP contribution in [0, 0.1) is 0 Å². The predicted molar refractivity (Wildman–Crippen MR) is 124 cm³/mol. The van der Waals surface area contributed by atoms with Crippen LogP contribution in [0.2, 0.25) is 0 Å². The van der Waals surface area contributed by atoms with Crippen molar-refractivity contribution in [2.75, 3.05) is 20.1 Å². The molecule has 0 saturated carbocycles. The molecule has 0 fully saturated rings. The van der Waals surface area contributed by atoms with Crippen LogP contribution >= 0.6 is 0 Å². The first-order valence-corrected chi connectivity index (χ1v) is 10.8. The molecule has 6 heteroatoms. The van der Waals surface area contributed by atoms with Gasteiger partial charge in [-0.2, -0.15) is 0 Å². The molecule has 6 nitrogen and oxygen atoms in total. The minimum atomic E-state index is -0.151. The number of para-hydroxylation sites is 2. The summed E-state index contributed by atoms with van der Waals surface area (Å²) in [6.07, 6.45) is 5.91. The fourth-order valence-corrected chi connectivity index (χ4v) is 3.36. The number of amides is 2. The summed E-state index contributed by atoms with van der Waals surface area (Å²) in [5.74, 6) is 0.709. The highest BCUT2D eigenvalue weighted by molar-refractivity contribution is 5.91. The fraction of sp³-hybridized carbons (Fsp3) is 0.320. The smallest absolute Gasteiger partial charge is 0.244 e. The van der Waals surface area contributed by atoms with Gasteiger partial charge in [-0.05, 0) is 30.2 Å². The summed E-state index contributed by atoms with van der Waals surface area (Å²) in [7, 11) is 1.84. The summed E-state index contributed by atoms with van der Waals surface area (Å²) in [5, 5.41) is 2.90. The predicted octanol–water partition coefficient (Wildman–Crippen LogP) is 3.67. The third-order valence-corrected chi connectivity index (χ3v) is 5.17. The van der Waals surface area contributed by atoms with Gasteiger partial charge in [-0.25, -0.2) is 4.98 Å². The number of nitrogens with one attached hydrogen (secondary N) is 1. The molecule has 162 valence electrons. The lowest BCUT2D eigenvalue weighted by Crippen LogP contribution is -2.32. The Bertz CT molecular complexity index is 1040. The van der Waals surface area contributed by atoms with Gasteiger partial charge in [0.15, 0.2) is 0 Å². The summed E-state index contributed by atoms with van der Waals surface area (Å²) < 4.78 is 1.96. The van der Waals surface area contributed by atoms with Gasteiger partial charge in [-0.15, -0.1) is 0 Å². The maximum absolute atomic E-state index is 12.7. The Morgan fingerprint density at radius 3 is 2.61 bits per heavy atom. The van der Waals surface area contributed by atoms with Crippen LogP contribution in [0.15, 0.2) is 60.7 Å². The van der Waals surface area contributed by atoms with Crippen molar-refractivity contribution in [2.45, 2.75) is 32.7 Å². The van der Waals surface area contributed by atoms with E-state index in [0.29, 0.717) is 13.0 Å². The summed E-state index contributed by atoms with van der Waals surface area (Å²) in [5.41, 5.74) is 2.77. The molecule has 0 aliphatic heterocycles. The molecule has 1 N–H and O–H groups in total. The van der Waals surface area contributed by atoms with E-state index < -0.39 is 0 Å². The highest BCUT2D eigenvalue weighted by atomic mass is 16.2. The number of imidazole rings is 1. The van der Waals surface area contributed by atoms with Crippen LogP contribution < -0.4 is 5.32 Å². The number of aromatic nitrogens is 2. The number of hydrogen-bond acceptors (Lipinski definition) is 3. The molecule has 0 unspecified atom stereocenters. The molecule has 0 saturated heterocycles. The van der Waals surface area contributed by atoms with Crippen molar-refractivity contribution in [3.63, 3.8) is 0 Å². The van der Waals surface area contributed by atoms with Crippen LogP contribution in [-0.2, 0) is 22.6 Å². The SMILES string of the molecule is CCCCN(C)C(=O)Cn1c(CCNC(=O)/C=C/c2ccccc2)nc2ccccc21. The second-order valence-electron chi connectivity index (χ2n) is 7.56. The largest absolute Gasteiger partial charge is 0.352 e. The van der Waals surface area contributed by atoms with Crippen molar-refractivity contribution in [1.29, 1.82) is 0 Å². The number of unbranched alkanes of at least 4 members (excludes halogenated alkanes) is 1. The summed E-state index contributed by atoms with van der Waals surface area (Å²) in [6, 6.07) is 17.5. The van der Waals surface area contributed by atoms with E-state index in [4.69, 9.17) is 4.98 Å². The second-order valence-corrected chi connectivity index (χ2v) is 7.56. The van der Waals surface area contributed by atoms with Gasteiger partial charge in [0.1, 0.15) is 12.4 Å². The molecule has 0 radical (unpaired) electrons. The third kappa shape index (κ3) is 6.28. The Kier molecular flexibility index (Phi) is 7.98. The quantitative estimate of drug-likeness (QED) is 0.511. The minimum absolute atomic E-state index is 0.0627. The van der Waals surface area contributed by atoms with Gasteiger partial charge < -0.3 is 14.8 Å². The van der Waals surface area contributed by atoms with Crippen molar-refractivity contribution in [1.82, 2.24) is 19.8 Å². The Hall–Kier alpha value is -3.41. The molecule has 31 heavy (non-hydrogen) atoms. The number of fused-ring (bicyclic) bond motifs is 1. The highest BCUT2D eigenvalue weighted by Crippen LogP contribution is 2.17. The Balaban J connectivity index is 1.64. The van der Waals surface area contributed by atoms with Crippen molar-refractivity contribution in [3.8, 4) is 0 Å². The monoisotopic (exact) mass is 418 g/mol. The number of carbonyl (C=O) groups is 2. The van der Waals surface area contributed by atoms with Crippen molar-refractivity contribution in [2.24, 2.45) is 0 Å². The highest BCUT2D eigenvalue weighted by Gasteiger charge is 2.16. The molecule has 1 aromatic heterocycles. The minimum Gasteiger partial charge on any atom is -0.352 e. The van der Waals surface area contributed by atoms with Gasteiger partial charge in [-0.3, -0.25) is 9.59 Å². The standard InChI is InChI=1S/C25H30N4O2/c1-3-4-18-28(2)25(31)19-29-22-13-9-8-12-21(22)27-23(29)16-17-26-24(30)15-14-20-10-6-5-7-11-20/h5-15H,3-4,16-19H2,1-2H3,(H,26,30)/b15-14+. The maximum Gasteiger partial charge on any atom is 0.244 e. The molecule has 3 rings (SSSR count). The van der Waals surface area contributed by atoms with Crippen LogP contribution in [0.4, 0.5) is 0 Å². The summed E-state index contributed by atoms with van der Waals surface area (Å²) >= 11 is 0. The average Bonchev–Trinajstić information content (AvgIpc) is 3.14. The van der Waals surface area contributed by atoms with Gasteiger partial charge in [0, 0.05) is 32.6 Å². The first-order valence-electron chi connectivity index (χ1n) is 10.8. The first-order chi connectivity index (χ1) is 15.1. The fourth-order valence-electron chi connectivity index (χ4n) is 3.36. The topological polar surface area (TPSA) is 67.2 Å². The van der Waals surface area contributed by atoms with E-state index in [0.717, 1.165) is 41.8 Å². The van der Waals surface area contributed by atoms with Crippen LogP contribution in [-0.4, -0.2) is 46.4 Å².